The normalized spacial score (nSPS) is 26.9. The molecule has 1 amide bonds. The van der Waals surface area contributed by atoms with Gasteiger partial charge in [-0.25, -0.2) is 13.2 Å². The van der Waals surface area contributed by atoms with Crippen LogP contribution in [0.15, 0.2) is 0 Å². The Bertz CT molecular complexity index is 398. The highest BCUT2D eigenvalue weighted by Crippen LogP contribution is 2.24. The number of hydrogen-bond donors (Lipinski definition) is 2. The monoisotopic (exact) mass is 279 g/mol. The number of aliphatic hydroxyl groups is 1. The molecule has 2 atom stereocenters. The summed E-state index contributed by atoms with van der Waals surface area (Å²) in [5.41, 5.74) is -0.581. The molecular weight excluding hydrogens is 258 g/mol. The van der Waals surface area contributed by atoms with Crippen LogP contribution in [0.5, 0.6) is 0 Å². The molecule has 0 radical (unpaired) electrons. The predicted octanol–water partition coefficient (Wildman–Crippen LogP) is 0.164. The zero-order valence-electron chi connectivity index (χ0n) is 11.0. The fraction of sp³-hybridized carbons (Fsp3) is 0.909. The molecule has 1 aliphatic rings. The van der Waals surface area contributed by atoms with Gasteiger partial charge >= 0.3 is 6.09 Å². The topological polar surface area (TPSA) is 92.7 Å². The maximum absolute atomic E-state index is 11.4. The summed E-state index contributed by atoms with van der Waals surface area (Å²) in [6, 6.07) is 0. The van der Waals surface area contributed by atoms with E-state index < -0.39 is 21.5 Å². The van der Waals surface area contributed by atoms with Crippen molar-refractivity contribution in [3.05, 3.63) is 0 Å². The average molecular weight is 279 g/mol. The summed E-state index contributed by atoms with van der Waals surface area (Å²) in [6.07, 6.45) is -0.566. The summed E-state index contributed by atoms with van der Waals surface area (Å²) in [4.78, 5) is 11.4. The number of hydrogen-bond acceptors (Lipinski definition) is 5. The van der Waals surface area contributed by atoms with Crippen molar-refractivity contribution in [2.75, 3.05) is 24.7 Å². The molecule has 0 spiro atoms. The molecule has 7 heteroatoms. The van der Waals surface area contributed by atoms with E-state index in [0.29, 0.717) is 0 Å². The van der Waals surface area contributed by atoms with Crippen LogP contribution in [0.3, 0.4) is 0 Å². The number of rotatable bonds is 3. The predicted molar refractivity (Wildman–Crippen MR) is 67.0 cm³/mol. The first-order valence-corrected chi connectivity index (χ1v) is 7.73. The van der Waals surface area contributed by atoms with Crippen molar-refractivity contribution in [2.24, 2.45) is 11.8 Å². The fourth-order valence-electron chi connectivity index (χ4n) is 1.95. The molecule has 1 heterocycles. The number of carbonyl (C=O) groups excluding carboxylic acids is 1. The van der Waals surface area contributed by atoms with Gasteiger partial charge in [-0.3, -0.25) is 0 Å². The first-order valence-electron chi connectivity index (χ1n) is 5.91. The lowest BCUT2D eigenvalue weighted by molar-refractivity contribution is 0.0513. The molecule has 1 fully saturated rings. The van der Waals surface area contributed by atoms with Crippen molar-refractivity contribution in [2.45, 2.75) is 26.4 Å². The molecule has 0 bridgehead atoms. The zero-order chi connectivity index (χ0) is 14.0. The van der Waals surface area contributed by atoms with E-state index in [-0.39, 0.29) is 36.5 Å². The van der Waals surface area contributed by atoms with Crippen LogP contribution in [0.1, 0.15) is 20.8 Å². The van der Waals surface area contributed by atoms with Crippen LogP contribution in [0.25, 0.3) is 0 Å². The van der Waals surface area contributed by atoms with Crippen molar-refractivity contribution < 1.29 is 23.1 Å². The quantitative estimate of drug-likeness (QED) is 0.768. The maximum Gasteiger partial charge on any atom is 0.407 e. The van der Waals surface area contributed by atoms with Crippen molar-refractivity contribution in [1.29, 1.82) is 0 Å². The number of alkyl carbamates (subject to hydrolysis) is 1. The molecule has 0 aromatic rings. The highest BCUT2D eigenvalue weighted by Gasteiger charge is 2.37. The molecule has 18 heavy (non-hydrogen) atoms. The zero-order valence-corrected chi connectivity index (χ0v) is 11.8. The maximum atomic E-state index is 11.4. The summed E-state index contributed by atoms with van der Waals surface area (Å²) in [5, 5.41) is 11.7. The number of sulfone groups is 1. The van der Waals surface area contributed by atoms with Crippen LogP contribution in [0, 0.1) is 11.8 Å². The van der Waals surface area contributed by atoms with Crippen LogP contribution in [0.2, 0.25) is 0 Å². The van der Waals surface area contributed by atoms with Crippen LogP contribution in [-0.4, -0.2) is 49.9 Å². The minimum atomic E-state index is -3.09. The molecule has 0 unspecified atom stereocenters. The average Bonchev–Trinajstić information content (AvgIpc) is 2.47. The molecule has 1 aliphatic heterocycles. The third kappa shape index (κ3) is 4.81. The lowest BCUT2D eigenvalue weighted by Crippen LogP contribution is -2.37. The van der Waals surface area contributed by atoms with E-state index in [1.165, 1.54) is 0 Å². The highest BCUT2D eigenvalue weighted by molar-refractivity contribution is 7.91. The summed E-state index contributed by atoms with van der Waals surface area (Å²) < 4.78 is 27.9. The molecule has 0 saturated carbocycles. The third-order valence-electron chi connectivity index (χ3n) is 2.74. The molecule has 2 N–H and O–H groups in total. The van der Waals surface area contributed by atoms with E-state index in [1.54, 1.807) is 20.8 Å². The molecule has 6 nitrogen and oxygen atoms in total. The van der Waals surface area contributed by atoms with Gasteiger partial charge < -0.3 is 15.2 Å². The third-order valence-corrected chi connectivity index (χ3v) is 4.62. The number of amides is 1. The minimum Gasteiger partial charge on any atom is -0.444 e. The van der Waals surface area contributed by atoms with E-state index in [4.69, 9.17) is 9.84 Å². The van der Waals surface area contributed by atoms with Gasteiger partial charge in [-0.2, -0.15) is 0 Å². The molecule has 0 aromatic carbocycles. The minimum absolute atomic E-state index is 0.00796. The van der Waals surface area contributed by atoms with Crippen LogP contribution >= 0.6 is 0 Å². The van der Waals surface area contributed by atoms with Gasteiger partial charge in [-0.05, 0) is 26.7 Å². The second-order valence-electron chi connectivity index (χ2n) is 5.66. The number of carbonyl (C=O) groups is 1. The number of nitrogens with one attached hydrogen (secondary N) is 1. The van der Waals surface area contributed by atoms with Gasteiger partial charge in [-0.15, -0.1) is 0 Å². The van der Waals surface area contributed by atoms with Gasteiger partial charge in [0, 0.05) is 19.1 Å². The summed E-state index contributed by atoms with van der Waals surface area (Å²) in [5.74, 6) is -0.546. The van der Waals surface area contributed by atoms with Crippen molar-refractivity contribution in [3.8, 4) is 0 Å². The number of aliphatic hydroxyl groups excluding tert-OH is 1. The van der Waals surface area contributed by atoms with Gasteiger partial charge in [0.2, 0.25) is 0 Å². The Hall–Kier alpha value is -0.820. The van der Waals surface area contributed by atoms with Crippen molar-refractivity contribution in [1.82, 2.24) is 5.32 Å². The second-order valence-corrected chi connectivity index (χ2v) is 7.82. The number of ether oxygens (including phenoxy) is 1. The fourth-order valence-corrected chi connectivity index (χ4v) is 4.16. The van der Waals surface area contributed by atoms with Crippen LogP contribution in [0.4, 0.5) is 4.79 Å². The standard InChI is InChI=1S/C11H21NO5S/c1-11(2,3)17-10(14)12-4-8-6-18(15,16)7-9(8)5-13/h8-9,13H,4-7H2,1-3H3,(H,12,14)/t8-,9+/m1/s1. The Morgan fingerprint density at radius 2 is 1.89 bits per heavy atom. The summed E-state index contributed by atoms with van der Waals surface area (Å²) >= 11 is 0. The van der Waals surface area contributed by atoms with E-state index in [9.17, 15) is 13.2 Å². The van der Waals surface area contributed by atoms with E-state index in [2.05, 4.69) is 5.32 Å². The Kier molecular flexibility index (Phi) is 4.61. The summed E-state index contributed by atoms with van der Waals surface area (Å²) in [6.45, 7) is 5.29. The van der Waals surface area contributed by atoms with Gasteiger partial charge in [0.25, 0.3) is 0 Å². The molecule has 1 saturated heterocycles. The lowest BCUT2D eigenvalue weighted by Gasteiger charge is -2.21. The smallest absolute Gasteiger partial charge is 0.407 e. The highest BCUT2D eigenvalue weighted by atomic mass is 32.2. The van der Waals surface area contributed by atoms with Crippen molar-refractivity contribution in [3.63, 3.8) is 0 Å². The van der Waals surface area contributed by atoms with E-state index >= 15 is 0 Å². The van der Waals surface area contributed by atoms with Gasteiger partial charge in [0.1, 0.15) is 5.60 Å². The Labute approximate surface area is 108 Å². The molecule has 0 aromatic heterocycles. The van der Waals surface area contributed by atoms with E-state index in [1.807, 2.05) is 0 Å². The van der Waals surface area contributed by atoms with Crippen LogP contribution < -0.4 is 5.32 Å². The van der Waals surface area contributed by atoms with Gasteiger partial charge in [-0.1, -0.05) is 0 Å². The Morgan fingerprint density at radius 3 is 2.39 bits per heavy atom. The SMILES string of the molecule is CC(C)(C)OC(=O)NC[C@@H]1CS(=O)(=O)C[C@@H]1CO. The van der Waals surface area contributed by atoms with Crippen LogP contribution in [-0.2, 0) is 14.6 Å². The molecule has 1 rings (SSSR count). The largest absolute Gasteiger partial charge is 0.444 e. The Balaban J connectivity index is 2.46. The first-order chi connectivity index (χ1) is 8.13. The molecular formula is C11H21NO5S. The van der Waals surface area contributed by atoms with Gasteiger partial charge in [0.15, 0.2) is 9.84 Å². The second kappa shape index (κ2) is 5.44. The molecule has 106 valence electrons. The summed E-state index contributed by atoms with van der Waals surface area (Å²) in [7, 11) is -3.09. The first kappa shape index (κ1) is 15.2. The Morgan fingerprint density at radius 1 is 1.33 bits per heavy atom. The van der Waals surface area contributed by atoms with E-state index in [0.717, 1.165) is 0 Å². The van der Waals surface area contributed by atoms with Crippen molar-refractivity contribution >= 4 is 15.9 Å². The van der Waals surface area contributed by atoms with Gasteiger partial charge in [0.05, 0.1) is 11.5 Å². The molecule has 0 aliphatic carbocycles. The lowest BCUT2D eigenvalue weighted by atomic mass is 9.97.